The summed E-state index contributed by atoms with van der Waals surface area (Å²) < 4.78 is 40.8. The van der Waals surface area contributed by atoms with Crippen LogP contribution in [0.15, 0.2) is 34.7 Å². The fourth-order valence-electron chi connectivity index (χ4n) is 2.50. The number of benzene rings is 1. The van der Waals surface area contributed by atoms with Crippen molar-refractivity contribution in [3.8, 4) is 11.3 Å². The summed E-state index contributed by atoms with van der Waals surface area (Å²) in [5.41, 5.74) is -2.24. The van der Waals surface area contributed by atoms with Gasteiger partial charge in [0, 0.05) is 33.5 Å². The van der Waals surface area contributed by atoms with E-state index >= 15 is 0 Å². The largest absolute Gasteiger partial charge is 0.438 e. The molecule has 2 aromatic rings. The van der Waals surface area contributed by atoms with Gasteiger partial charge in [0.05, 0.1) is 5.69 Å². The number of hydrogen-bond donors (Lipinski definition) is 1. The van der Waals surface area contributed by atoms with Crippen molar-refractivity contribution < 1.29 is 18.3 Å². The molecule has 1 aliphatic rings. The van der Waals surface area contributed by atoms with E-state index in [0.29, 0.717) is 21.3 Å². The van der Waals surface area contributed by atoms with Gasteiger partial charge in [0.1, 0.15) is 0 Å². The summed E-state index contributed by atoms with van der Waals surface area (Å²) >= 11 is 6.84. The van der Waals surface area contributed by atoms with E-state index in [2.05, 4.69) is 10.1 Å². The van der Waals surface area contributed by atoms with Crippen molar-refractivity contribution in [2.24, 2.45) is 10.5 Å². The summed E-state index contributed by atoms with van der Waals surface area (Å²) in [7, 11) is 0. The van der Waals surface area contributed by atoms with Crippen LogP contribution in [-0.2, 0) is 0 Å². The number of hydrazone groups is 1. The predicted molar refractivity (Wildman–Crippen MR) is 97.6 cm³/mol. The van der Waals surface area contributed by atoms with Gasteiger partial charge in [-0.25, -0.2) is 4.98 Å². The first-order chi connectivity index (χ1) is 11.9. The highest BCUT2D eigenvalue weighted by molar-refractivity contribution is 7.14. The molecule has 0 bridgehead atoms. The van der Waals surface area contributed by atoms with Gasteiger partial charge in [-0.2, -0.15) is 23.3 Å². The van der Waals surface area contributed by atoms with Crippen LogP contribution in [0.4, 0.5) is 18.3 Å². The second-order valence-corrected chi connectivity index (χ2v) is 8.39. The zero-order chi connectivity index (χ0) is 19.3. The summed E-state index contributed by atoms with van der Waals surface area (Å²) in [5, 5.41) is 17.3. The standard InChI is InChI=1S/C17H17ClF3N3OS/c1-15(2,3)13-8-16(25,17(19,20)21)24(23-13)14-22-12(9-26-14)10-4-6-11(18)7-5-10/h4-7,9,25H,8H2,1-3H3/t16-/m1/s1. The Hall–Kier alpha value is -1.64. The molecule has 9 heteroatoms. The molecule has 1 aliphatic heterocycles. The SMILES string of the molecule is CC(C)(C)C1=NN(c2nc(-c3ccc(Cl)cc3)cs2)[C@](O)(C(F)(F)F)C1. The van der Waals surface area contributed by atoms with Crippen LogP contribution in [0.3, 0.4) is 0 Å². The van der Waals surface area contributed by atoms with Gasteiger partial charge in [-0.15, -0.1) is 11.3 Å². The van der Waals surface area contributed by atoms with Gasteiger partial charge >= 0.3 is 6.18 Å². The lowest BCUT2D eigenvalue weighted by molar-refractivity contribution is -0.254. The fourth-order valence-corrected chi connectivity index (χ4v) is 3.47. The van der Waals surface area contributed by atoms with E-state index in [4.69, 9.17) is 11.6 Å². The van der Waals surface area contributed by atoms with Crippen molar-refractivity contribution in [2.75, 3.05) is 5.01 Å². The molecule has 2 heterocycles. The van der Waals surface area contributed by atoms with Gasteiger partial charge in [-0.3, -0.25) is 0 Å². The van der Waals surface area contributed by atoms with Crippen LogP contribution in [-0.4, -0.2) is 27.7 Å². The first-order valence-corrected chi connectivity index (χ1v) is 9.06. The number of rotatable bonds is 2. The molecule has 0 fully saturated rings. The van der Waals surface area contributed by atoms with E-state index < -0.39 is 23.7 Å². The normalized spacial score (nSPS) is 21.2. The molecule has 1 N–H and O–H groups in total. The van der Waals surface area contributed by atoms with Crippen molar-refractivity contribution in [3.05, 3.63) is 34.7 Å². The first-order valence-electron chi connectivity index (χ1n) is 7.80. The molecular weight excluding hydrogens is 387 g/mol. The van der Waals surface area contributed by atoms with Crippen molar-refractivity contribution in [3.63, 3.8) is 0 Å². The van der Waals surface area contributed by atoms with Gasteiger partial charge < -0.3 is 5.11 Å². The lowest BCUT2D eigenvalue weighted by Gasteiger charge is -2.32. The molecular formula is C17H17ClF3N3OS. The lowest BCUT2D eigenvalue weighted by atomic mass is 9.86. The summed E-state index contributed by atoms with van der Waals surface area (Å²) in [6.07, 6.45) is -5.49. The molecule has 1 aromatic heterocycles. The monoisotopic (exact) mass is 403 g/mol. The van der Waals surface area contributed by atoms with Crippen LogP contribution in [0, 0.1) is 5.41 Å². The Bertz CT molecular complexity index is 842. The molecule has 1 atom stereocenters. The number of aromatic nitrogens is 1. The molecule has 0 saturated carbocycles. The van der Waals surface area contributed by atoms with Crippen LogP contribution in [0.5, 0.6) is 0 Å². The van der Waals surface area contributed by atoms with E-state index in [1.807, 2.05) is 0 Å². The molecule has 0 aliphatic carbocycles. The van der Waals surface area contributed by atoms with E-state index in [1.54, 1.807) is 50.4 Å². The third-order valence-corrected chi connectivity index (χ3v) is 5.19. The van der Waals surface area contributed by atoms with Gasteiger partial charge in [0.15, 0.2) is 0 Å². The highest BCUT2D eigenvalue weighted by Gasteiger charge is 2.63. The predicted octanol–water partition coefficient (Wildman–Crippen LogP) is 5.33. The van der Waals surface area contributed by atoms with E-state index in [1.165, 1.54) is 0 Å². The second kappa shape index (κ2) is 6.21. The number of hydrogen-bond acceptors (Lipinski definition) is 5. The molecule has 0 radical (unpaired) electrons. The van der Waals surface area contributed by atoms with Crippen molar-refractivity contribution in [1.29, 1.82) is 0 Å². The maximum Gasteiger partial charge on any atom is 0.438 e. The summed E-state index contributed by atoms with van der Waals surface area (Å²) in [5.74, 6) is 0. The molecule has 0 spiro atoms. The van der Waals surface area contributed by atoms with E-state index in [0.717, 1.165) is 11.3 Å². The van der Waals surface area contributed by atoms with E-state index in [9.17, 15) is 18.3 Å². The number of aliphatic hydroxyl groups is 1. The topological polar surface area (TPSA) is 48.7 Å². The maximum absolute atomic E-state index is 13.6. The Labute approximate surface area is 157 Å². The van der Waals surface area contributed by atoms with Crippen LogP contribution in [0.1, 0.15) is 27.2 Å². The minimum Gasteiger partial charge on any atom is -0.362 e. The van der Waals surface area contributed by atoms with Crippen LogP contribution < -0.4 is 5.01 Å². The number of halogens is 4. The Balaban J connectivity index is 2.02. The van der Waals surface area contributed by atoms with Gasteiger partial charge in [-0.1, -0.05) is 44.5 Å². The Kier molecular flexibility index (Phi) is 4.57. The van der Waals surface area contributed by atoms with E-state index in [-0.39, 0.29) is 10.8 Å². The zero-order valence-corrected chi connectivity index (χ0v) is 15.9. The first kappa shape index (κ1) is 19.1. The zero-order valence-electron chi connectivity index (χ0n) is 14.3. The van der Waals surface area contributed by atoms with Gasteiger partial charge in [0.2, 0.25) is 5.13 Å². The van der Waals surface area contributed by atoms with Crippen LogP contribution in [0.2, 0.25) is 5.02 Å². The molecule has 3 rings (SSSR count). The Morgan fingerprint density at radius 2 is 1.81 bits per heavy atom. The number of anilines is 1. The lowest BCUT2D eigenvalue weighted by Crippen LogP contribution is -2.55. The molecule has 0 saturated heterocycles. The van der Waals surface area contributed by atoms with Crippen molar-refractivity contribution in [2.45, 2.75) is 39.1 Å². The minimum absolute atomic E-state index is 0.0194. The average molecular weight is 404 g/mol. The van der Waals surface area contributed by atoms with Gasteiger partial charge in [0.25, 0.3) is 5.72 Å². The van der Waals surface area contributed by atoms with Gasteiger partial charge in [-0.05, 0) is 12.1 Å². The Morgan fingerprint density at radius 3 is 2.35 bits per heavy atom. The van der Waals surface area contributed by atoms with Crippen LogP contribution in [0.25, 0.3) is 11.3 Å². The number of nitrogens with zero attached hydrogens (tertiary/aromatic N) is 3. The number of thiazole rings is 1. The van der Waals surface area contributed by atoms with Crippen molar-refractivity contribution >= 4 is 33.8 Å². The van der Waals surface area contributed by atoms with Crippen LogP contribution >= 0.6 is 22.9 Å². The molecule has 140 valence electrons. The molecule has 26 heavy (non-hydrogen) atoms. The minimum atomic E-state index is -4.88. The molecule has 0 amide bonds. The summed E-state index contributed by atoms with van der Waals surface area (Å²) in [4.78, 5) is 4.25. The fraction of sp³-hybridized carbons (Fsp3) is 0.412. The highest BCUT2D eigenvalue weighted by atomic mass is 35.5. The molecule has 1 aromatic carbocycles. The summed E-state index contributed by atoms with van der Waals surface area (Å²) in [6, 6.07) is 6.80. The smallest absolute Gasteiger partial charge is 0.362 e. The number of alkyl halides is 3. The molecule has 4 nitrogen and oxygen atoms in total. The third kappa shape index (κ3) is 3.33. The second-order valence-electron chi connectivity index (χ2n) is 7.12. The molecule has 0 unspecified atom stereocenters. The third-order valence-electron chi connectivity index (χ3n) is 4.12. The Morgan fingerprint density at radius 1 is 1.19 bits per heavy atom. The summed E-state index contributed by atoms with van der Waals surface area (Å²) in [6.45, 7) is 5.27. The average Bonchev–Trinajstić information content (AvgIpc) is 3.12. The maximum atomic E-state index is 13.6. The quantitative estimate of drug-likeness (QED) is 0.737. The van der Waals surface area contributed by atoms with Crippen molar-refractivity contribution in [1.82, 2.24) is 4.98 Å². The highest BCUT2D eigenvalue weighted by Crippen LogP contribution is 2.46.